The van der Waals surface area contributed by atoms with Crippen LogP contribution in [0.2, 0.25) is 0 Å². The highest BCUT2D eigenvalue weighted by Crippen LogP contribution is 2.33. The van der Waals surface area contributed by atoms with E-state index in [0.717, 1.165) is 0 Å². The minimum Gasteiger partial charge on any atom is -0.502 e. The van der Waals surface area contributed by atoms with E-state index < -0.39 is 5.41 Å². The summed E-state index contributed by atoms with van der Waals surface area (Å²) in [5, 5.41) is 0. The predicted molar refractivity (Wildman–Crippen MR) is 57.4 cm³/mol. The molecule has 0 atom stereocenters. The molecule has 0 heterocycles. The van der Waals surface area contributed by atoms with Crippen molar-refractivity contribution in [3.05, 3.63) is 12.3 Å². The van der Waals surface area contributed by atoms with Gasteiger partial charge < -0.3 is 4.74 Å². The Morgan fingerprint density at radius 1 is 1.33 bits per heavy atom. The Labute approximate surface area is 90.5 Å². The zero-order valence-electron chi connectivity index (χ0n) is 9.41. The number of carbonyl (C=O) groups excluding carboxylic acids is 2. The lowest BCUT2D eigenvalue weighted by Crippen LogP contribution is -2.39. The Kier molecular flexibility index (Phi) is 4.06. The number of hydrogen-bond donors (Lipinski definition) is 0. The zero-order valence-corrected chi connectivity index (χ0v) is 9.41. The maximum atomic E-state index is 11.7. The van der Waals surface area contributed by atoms with Crippen LogP contribution in [-0.2, 0) is 14.3 Å². The van der Waals surface area contributed by atoms with E-state index in [2.05, 4.69) is 0 Å². The van der Waals surface area contributed by atoms with Crippen LogP contribution in [0.4, 0.5) is 0 Å². The molecule has 1 aliphatic rings. The Morgan fingerprint density at radius 2 is 1.93 bits per heavy atom. The Hall–Kier alpha value is -1.12. The van der Waals surface area contributed by atoms with Crippen LogP contribution < -0.4 is 0 Å². The zero-order chi connectivity index (χ0) is 11.3. The largest absolute Gasteiger partial charge is 0.502 e. The van der Waals surface area contributed by atoms with E-state index in [1.807, 2.05) is 6.92 Å². The van der Waals surface area contributed by atoms with E-state index in [1.54, 1.807) is 19.3 Å². The van der Waals surface area contributed by atoms with Crippen molar-refractivity contribution in [3.63, 3.8) is 0 Å². The van der Waals surface area contributed by atoms with Gasteiger partial charge in [-0.05, 0) is 32.8 Å². The van der Waals surface area contributed by atoms with Crippen molar-refractivity contribution in [2.24, 2.45) is 5.41 Å². The van der Waals surface area contributed by atoms with Crippen molar-refractivity contribution >= 4 is 11.6 Å². The molecule has 0 aromatic carbocycles. The van der Waals surface area contributed by atoms with Crippen molar-refractivity contribution in [2.75, 3.05) is 6.61 Å². The van der Waals surface area contributed by atoms with E-state index in [9.17, 15) is 9.59 Å². The summed E-state index contributed by atoms with van der Waals surface area (Å²) in [5.41, 5.74) is -0.800. The molecule has 0 N–H and O–H groups in total. The molecule has 84 valence electrons. The lowest BCUT2D eigenvalue weighted by Gasteiger charge is -2.29. The summed E-state index contributed by atoms with van der Waals surface area (Å²) in [4.78, 5) is 23.4. The summed E-state index contributed by atoms with van der Waals surface area (Å²) in [6, 6.07) is 0. The molecule has 0 saturated heterocycles. The summed E-state index contributed by atoms with van der Waals surface area (Å²) < 4.78 is 5.04. The molecule has 0 aliphatic heterocycles. The van der Waals surface area contributed by atoms with Gasteiger partial charge in [-0.3, -0.25) is 9.59 Å². The Bertz CT molecular complexity index is 263. The summed E-state index contributed by atoms with van der Waals surface area (Å²) in [6.45, 7) is 4.24. The molecule has 0 aromatic rings. The van der Waals surface area contributed by atoms with Crippen molar-refractivity contribution in [1.29, 1.82) is 0 Å². The van der Waals surface area contributed by atoms with E-state index in [-0.39, 0.29) is 11.6 Å². The molecule has 0 spiro atoms. The molecule has 0 aromatic heterocycles. The molecule has 0 radical (unpaired) electrons. The standard InChI is InChI=1S/C12H18O3/c1-3-15-9-5-8-12(2)10(13)6-4-7-11(12)14/h5,9H,3-4,6-8H2,1-2H3/b9-5-. The Balaban J connectivity index is 2.62. The van der Waals surface area contributed by atoms with E-state index in [0.29, 0.717) is 32.3 Å². The van der Waals surface area contributed by atoms with Crippen molar-refractivity contribution in [1.82, 2.24) is 0 Å². The van der Waals surface area contributed by atoms with Gasteiger partial charge in [-0.1, -0.05) is 0 Å². The van der Waals surface area contributed by atoms with Gasteiger partial charge in [0, 0.05) is 12.8 Å². The topological polar surface area (TPSA) is 43.4 Å². The molecule has 0 unspecified atom stereocenters. The van der Waals surface area contributed by atoms with Crippen LogP contribution in [-0.4, -0.2) is 18.2 Å². The lowest BCUT2D eigenvalue weighted by atomic mass is 9.71. The lowest BCUT2D eigenvalue weighted by molar-refractivity contribution is -0.142. The second-order valence-corrected chi connectivity index (χ2v) is 4.06. The number of ether oxygens (including phenoxy) is 1. The first-order valence-corrected chi connectivity index (χ1v) is 5.44. The normalized spacial score (nSPS) is 20.9. The van der Waals surface area contributed by atoms with Crippen LogP contribution in [0.3, 0.4) is 0 Å². The number of hydrogen-bond acceptors (Lipinski definition) is 3. The van der Waals surface area contributed by atoms with Gasteiger partial charge in [-0.2, -0.15) is 0 Å². The first kappa shape index (κ1) is 12.0. The number of allylic oxidation sites excluding steroid dienone is 1. The molecule has 1 aliphatic carbocycles. The van der Waals surface area contributed by atoms with Gasteiger partial charge in [-0.25, -0.2) is 0 Å². The van der Waals surface area contributed by atoms with Gasteiger partial charge in [0.15, 0.2) is 0 Å². The quantitative estimate of drug-likeness (QED) is 0.528. The third-order valence-electron chi connectivity index (χ3n) is 2.92. The molecule has 0 bridgehead atoms. The number of rotatable bonds is 4. The van der Waals surface area contributed by atoms with Crippen LogP contribution in [0.25, 0.3) is 0 Å². The Morgan fingerprint density at radius 3 is 2.47 bits per heavy atom. The SMILES string of the molecule is CCO/C=C\CC1(C)C(=O)CCCC1=O. The molecule has 1 saturated carbocycles. The van der Waals surface area contributed by atoms with Crippen molar-refractivity contribution < 1.29 is 14.3 Å². The average Bonchev–Trinajstić information content (AvgIpc) is 2.22. The summed E-state index contributed by atoms with van der Waals surface area (Å²) in [7, 11) is 0. The molecule has 3 heteroatoms. The van der Waals surface area contributed by atoms with Crippen LogP contribution in [0.5, 0.6) is 0 Å². The van der Waals surface area contributed by atoms with Crippen LogP contribution in [0, 0.1) is 5.41 Å². The maximum Gasteiger partial charge on any atom is 0.146 e. The molecule has 3 nitrogen and oxygen atoms in total. The monoisotopic (exact) mass is 210 g/mol. The highest BCUT2D eigenvalue weighted by Gasteiger charge is 2.41. The molecular weight excluding hydrogens is 192 g/mol. The molecule has 0 amide bonds. The molecule has 1 fully saturated rings. The van der Waals surface area contributed by atoms with Gasteiger partial charge in [-0.15, -0.1) is 0 Å². The second-order valence-electron chi connectivity index (χ2n) is 4.06. The van der Waals surface area contributed by atoms with Gasteiger partial charge in [0.25, 0.3) is 0 Å². The number of Topliss-reactive ketones (excluding diaryl/α,β-unsaturated/α-hetero) is 2. The molecule has 15 heavy (non-hydrogen) atoms. The fourth-order valence-corrected chi connectivity index (χ4v) is 1.79. The minimum absolute atomic E-state index is 0.0694. The summed E-state index contributed by atoms with van der Waals surface area (Å²) in [6.07, 6.45) is 5.58. The number of ketones is 2. The molecule has 1 rings (SSSR count). The summed E-state index contributed by atoms with van der Waals surface area (Å²) in [5.74, 6) is 0.139. The maximum absolute atomic E-state index is 11.7. The average molecular weight is 210 g/mol. The van der Waals surface area contributed by atoms with E-state index in [4.69, 9.17) is 4.74 Å². The fraction of sp³-hybridized carbons (Fsp3) is 0.667. The van der Waals surface area contributed by atoms with Crippen LogP contribution in [0.15, 0.2) is 12.3 Å². The van der Waals surface area contributed by atoms with Gasteiger partial charge >= 0.3 is 0 Å². The van der Waals surface area contributed by atoms with Crippen molar-refractivity contribution in [2.45, 2.75) is 39.5 Å². The molecular formula is C12H18O3. The van der Waals surface area contributed by atoms with Crippen LogP contribution in [0.1, 0.15) is 39.5 Å². The summed E-state index contributed by atoms with van der Waals surface area (Å²) >= 11 is 0. The van der Waals surface area contributed by atoms with Gasteiger partial charge in [0.2, 0.25) is 0 Å². The third-order valence-corrected chi connectivity index (χ3v) is 2.92. The number of carbonyl (C=O) groups is 2. The first-order valence-electron chi connectivity index (χ1n) is 5.44. The van der Waals surface area contributed by atoms with Crippen LogP contribution >= 0.6 is 0 Å². The smallest absolute Gasteiger partial charge is 0.146 e. The first-order chi connectivity index (χ1) is 7.11. The van der Waals surface area contributed by atoms with E-state index >= 15 is 0 Å². The minimum atomic E-state index is -0.800. The predicted octanol–water partition coefficient (Wildman–Crippen LogP) is 2.26. The van der Waals surface area contributed by atoms with Gasteiger partial charge in [0.05, 0.1) is 18.3 Å². The highest BCUT2D eigenvalue weighted by molar-refractivity contribution is 6.08. The van der Waals surface area contributed by atoms with Crippen molar-refractivity contribution in [3.8, 4) is 0 Å². The fourth-order valence-electron chi connectivity index (χ4n) is 1.79. The van der Waals surface area contributed by atoms with Gasteiger partial charge in [0.1, 0.15) is 11.6 Å². The highest BCUT2D eigenvalue weighted by atomic mass is 16.5. The third kappa shape index (κ3) is 2.67. The second kappa shape index (κ2) is 5.10. The van der Waals surface area contributed by atoms with E-state index in [1.165, 1.54) is 0 Å².